The molecule has 2 aliphatic heterocycles. The Morgan fingerprint density at radius 1 is 1.27 bits per heavy atom. The second-order valence-electron chi connectivity index (χ2n) is 7.69. The number of anilines is 1. The van der Waals surface area contributed by atoms with Crippen molar-refractivity contribution in [2.24, 2.45) is 0 Å². The number of fused-ring (bicyclic) bond motifs is 1. The number of hydrogen-bond acceptors (Lipinski definition) is 5. The predicted molar refractivity (Wildman–Crippen MR) is 101 cm³/mol. The van der Waals surface area contributed by atoms with Crippen LogP contribution < -0.4 is 4.90 Å². The van der Waals surface area contributed by atoms with Crippen molar-refractivity contribution in [3.05, 3.63) is 24.3 Å². The molecular formula is C20H29N3O3. The van der Waals surface area contributed by atoms with E-state index >= 15 is 0 Å². The summed E-state index contributed by atoms with van der Waals surface area (Å²) < 4.78 is 8.51. The number of aromatic nitrogens is 2. The molecule has 1 aromatic heterocycles. The molecule has 6 heteroatoms. The van der Waals surface area contributed by atoms with Crippen molar-refractivity contribution in [2.45, 2.75) is 63.4 Å². The Morgan fingerprint density at radius 2 is 2.04 bits per heavy atom. The van der Waals surface area contributed by atoms with Gasteiger partial charge in [-0.2, -0.15) is 0 Å². The van der Waals surface area contributed by atoms with Crippen molar-refractivity contribution >= 4 is 17.0 Å². The largest absolute Gasteiger partial charge is 0.395 e. The molecule has 0 radical (unpaired) electrons. The Labute approximate surface area is 154 Å². The quantitative estimate of drug-likeness (QED) is 0.877. The number of hydrogen-bond donors (Lipinski definition) is 2. The van der Waals surface area contributed by atoms with Crippen LogP contribution in [0, 0.1) is 0 Å². The third-order valence-corrected chi connectivity index (χ3v) is 5.93. The van der Waals surface area contributed by atoms with Gasteiger partial charge in [-0.25, -0.2) is 4.98 Å². The standard InChI is InChI=1S/C20H29N3O3/c1-2-16-13-15(25)14-20(26-16)7-9-22(10-8-20)19-21-17-5-3-4-6-18(17)23(19)11-12-24/h3-6,15-16,24-25H,2,7-14H2,1H3/t15-,16+/m1/s1. The fourth-order valence-electron chi connectivity index (χ4n) is 4.58. The number of piperidine rings is 1. The molecule has 1 spiro atoms. The van der Waals surface area contributed by atoms with E-state index in [-0.39, 0.29) is 24.4 Å². The first-order chi connectivity index (χ1) is 12.6. The smallest absolute Gasteiger partial charge is 0.206 e. The fourth-order valence-corrected chi connectivity index (χ4v) is 4.58. The number of nitrogens with zero attached hydrogens (tertiary/aromatic N) is 3. The molecule has 4 rings (SSSR count). The molecule has 0 amide bonds. The normalized spacial score (nSPS) is 25.9. The fraction of sp³-hybridized carbons (Fsp3) is 0.650. The Balaban J connectivity index is 1.55. The minimum Gasteiger partial charge on any atom is -0.395 e. The summed E-state index contributed by atoms with van der Waals surface area (Å²) in [5, 5.41) is 19.8. The van der Waals surface area contributed by atoms with Crippen LogP contribution in [0.3, 0.4) is 0 Å². The zero-order valence-electron chi connectivity index (χ0n) is 15.5. The van der Waals surface area contributed by atoms with Crippen LogP contribution in [0.25, 0.3) is 11.0 Å². The first-order valence-corrected chi connectivity index (χ1v) is 9.81. The summed E-state index contributed by atoms with van der Waals surface area (Å²) in [5.41, 5.74) is 1.83. The minimum absolute atomic E-state index is 0.0958. The average Bonchev–Trinajstić information content (AvgIpc) is 3.01. The molecule has 2 N–H and O–H groups in total. The summed E-state index contributed by atoms with van der Waals surface area (Å²) in [5.74, 6) is 0.929. The van der Waals surface area contributed by atoms with E-state index in [1.807, 2.05) is 18.2 Å². The first-order valence-electron chi connectivity index (χ1n) is 9.81. The maximum absolute atomic E-state index is 10.3. The van der Waals surface area contributed by atoms with E-state index in [9.17, 15) is 10.2 Å². The lowest BCUT2D eigenvalue weighted by molar-refractivity contribution is -0.171. The lowest BCUT2D eigenvalue weighted by Gasteiger charge is -2.48. The summed E-state index contributed by atoms with van der Waals surface area (Å²) in [6, 6.07) is 8.08. The molecule has 26 heavy (non-hydrogen) atoms. The molecule has 0 bridgehead atoms. The van der Waals surface area contributed by atoms with Gasteiger partial charge in [0.15, 0.2) is 0 Å². The van der Waals surface area contributed by atoms with Gasteiger partial charge in [0.25, 0.3) is 0 Å². The van der Waals surface area contributed by atoms with Crippen LogP contribution in [-0.4, -0.2) is 57.3 Å². The Morgan fingerprint density at radius 3 is 2.77 bits per heavy atom. The third kappa shape index (κ3) is 3.21. The second kappa shape index (κ2) is 7.18. The highest BCUT2D eigenvalue weighted by molar-refractivity contribution is 5.78. The van der Waals surface area contributed by atoms with Crippen molar-refractivity contribution in [3.63, 3.8) is 0 Å². The van der Waals surface area contributed by atoms with E-state index in [0.717, 1.165) is 62.2 Å². The maximum atomic E-state index is 10.3. The van der Waals surface area contributed by atoms with Gasteiger partial charge < -0.3 is 24.4 Å². The topological polar surface area (TPSA) is 70.8 Å². The second-order valence-corrected chi connectivity index (χ2v) is 7.69. The number of imidazole rings is 1. The van der Waals surface area contributed by atoms with Crippen molar-refractivity contribution in [3.8, 4) is 0 Å². The number of rotatable bonds is 4. The van der Waals surface area contributed by atoms with Crippen molar-refractivity contribution in [2.75, 3.05) is 24.6 Å². The highest BCUT2D eigenvalue weighted by Gasteiger charge is 2.43. The number of para-hydroxylation sites is 2. The highest BCUT2D eigenvalue weighted by Crippen LogP contribution is 2.39. The SMILES string of the molecule is CC[C@H]1C[C@@H](O)CC2(CCN(c3nc4ccccc4n3CCO)CC2)O1. The highest BCUT2D eigenvalue weighted by atomic mass is 16.5. The van der Waals surface area contributed by atoms with Gasteiger partial charge in [0.05, 0.1) is 35.4 Å². The molecule has 1 aromatic carbocycles. The molecule has 142 valence electrons. The third-order valence-electron chi connectivity index (χ3n) is 5.93. The van der Waals surface area contributed by atoms with E-state index < -0.39 is 0 Å². The lowest BCUT2D eigenvalue weighted by Crippen LogP contribution is -2.53. The predicted octanol–water partition coefficient (Wildman–Crippen LogP) is 2.32. The summed E-state index contributed by atoms with van der Waals surface area (Å²) in [6.07, 6.45) is 4.18. The van der Waals surface area contributed by atoms with Crippen molar-refractivity contribution in [1.29, 1.82) is 0 Å². The summed E-state index contributed by atoms with van der Waals surface area (Å²) in [7, 11) is 0. The summed E-state index contributed by atoms with van der Waals surface area (Å²) >= 11 is 0. The van der Waals surface area contributed by atoms with Crippen LogP contribution in [0.2, 0.25) is 0 Å². The monoisotopic (exact) mass is 359 g/mol. The van der Waals surface area contributed by atoms with Gasteiger partial charge in [-0.3, -0.25) is 0 Å². The number of ether oxygens (including phenoxy) is 1. The minimum atomic E-state index is -0.251. The van der Waals surface area contributed by atoms with Crippen LogP contribution in [0.5, 0.6) is 0 Å². The molecule has 6 nitrogen and oxygen atoms in total. The average molecular weight is 359 g/mol. The molecule has 0 unspecified atom stereocenters. The molecule has 2 aromatic rings. The van der Waals surface area contributed by atoms with Gasteiger partial charge in [0, 0.05) is 26.1 Å². The Hall–Kier alpha value is -1.63. The molecule has 0 aliphatic carbocycles. The maximum Gasteiger partial charge on any atom is 0.206 e. The van der Waals surface area contributed by atoms with Crippen LogP contribution in [0.15, 0.2) is 24.3 Å². The van der Waals surface area contributed by atoms with E-state index in [1.165, 1.54) is 0 Å². The lowest BCUT2D eigenvalue weighted by atomic mass is 9.81. The molecule has 3 heterocycles. The van der Waals surface area contributed by atoms with Crippen LogP contribution in [0.4, 0.5) is 5.95 Å². The van der Waals surface area contributed by atoms with E-state index in [4.69, 9.17) is 9.72 Å². The van der Waals surface area contributed by atoms with E-state index in [2.05, 4.69) is 22.5 Å². The van der Waals surface area contributed by atoms with Crippen molar-refractivity contribution < 1.29 is 14.9 Å². The molecule has 2 fully saturated rings. The van der Waals surface area contributed by atoms with Gasteiger partial charge >= 0.3 is 0 Å². The molecule has 2 aliphatic rings. The van der Waals surface area contributed by atoms with Gasteiger partial charge in [0.2, 0.25) is 5.95 Å². The number of aliphatic hydroxyl groups excluding tert-OH is 2. The summed E-state index contributed by atoms with van der Waals surface area (Å²) in [6.45, 7) is 4.49. The summed E-state index contributed by atoms with van der Waals surface area (Å²) in [4.78, 5) is 7.12. The Bertz CT molecular complexity index is 752. The van der Waals surface area contributed by atoms with Crippen LogP contribution >= 0.6 is 0 Å². The molecule has 2 atom stereocenters. The van der Waals surface area contributed by atoms with Gasteiger partial charge in [-0.15, -0.1) is 0 Å². The van der Waals surface area contributed by atoms with E-state index in [0.29, 0.717) is 6.54 Å². The zero-order valence-corrected chi connectivity index (χ0v) is 15.5. The molecule has 0 saturated carbocycles. The Kier molecular flexibility index (Phi) is 4.90. The zero-order chi connectivity index (χ0) is 18.1. The van der Waals surface area contributed by atoms with E-state index in [1.54, 1.807) is 0 Å². The molecular weight excluding hydrogens is 330 g/mol. The number of benzene rings is 1. The van der Waals surface area contributed by atoms with Crippen LogP contribution in [-0.2, 0) is 11.3 Å². The van der Waals surface area contributed by atoms with Gasteiger partial charge in [-0.05, 0) is 37.8 Å². The first kappa shape index (κ1) is 17.8. The van der Waals surface area contributed by atoms with Crippen molar-refractivity contribution in [1.82, 2.24) is 9.55 Å². The molecule has 2 saturated heterocycles. The van der Waals surface area contributed by atoms with Gasteiger partial charge in [-0.1, -0.05) is 19.1 Å². The van der Waals surface area contributed by atoms with Gasteiger partial charge in [0.1, 0.15) is 0 Å². The van der Waals surface area contributed by atoms with Crippen LogP contribution in [0.1, 0.15) is 39.0 Å². The number of aliphatic hydroxyl groups is 2.